The lowest BCUT2D eigenvalue weighted by atomic mass is 10.1. The molecule has 3 heterocycles. The molecule has 90 valence electrons. The molecule has 0 aromatic carbocycles. The van der Waals surface area contributed by atoms with Crippen LogP contribution in [0.5, 0.6) is 0 Å². The second-order valence-electron chi connectivity index (χ2n) is 4.51. The fourth-order valence-electron chi connectivity index (χ4n) is 2.26. The number of nitrogens with one attached hydrogen (secondary N) is 1. The van der Waals surface area contributed by atoms with E-state index in [1.807, 2.05) is 11.6 Å². The number of rotatable bonds is 3. The fraction of sp³-hybridized carbons (Fsp3) is 0.500. The zero-order valence-electron chi connectivity index (χ0n) is 9.89. The maximum absolute atomic E-state index is 4.42. The molecule has 0 fully saturated rings. The van der Waals surface area contributed by atoms with Crippen LogP contribution in [0.25, 0.3) is 0 Å². The van der Waals surface area contributed by atoms with E-state index in [0.717, 1.165) is 37.6 Å². The summed E-state index contributed by atoms with van der Waals surface area (Å²) in [5.41, 5.74) is 1.37. The summed E-state index contributed by atoms with van der Waals surface area (Å²) >= 11 is 1.75. The molecule has 0 bridgehead atoms. The van der Waals surface area contributed by atoms with E-state index >= 15 is 0 Å². The van der Waals surface area contributed by atoms with E-state index in [-0.39, 0.29) is 0 Å². The minimum Gasteiger partial charge on any atom is -0.308 e. The smallest absolute Gasteiger partial charge is 0.147 e. The maximum Gasteiger partial charge on any atom is 0.147 e. The van der Waals surface area contributed by atoms with Gasteiger partial charge in [0.05, 0.1) is 6.54 Å². The van der Waals surface area contributed by atoms with Gasteiger partial charge in [0.1, 0.15) is 11.6 Å². The van der Waals surface area contributed by atoms with Crippen molar-refractivity contribution in [3.63, 3.8) is 0 Å². The van der Waals surface area contributed by atoms with Gasteiger partial charge in [0.15, 0.2) is 0 Å². The molecule has 0 spiro atoms. The number of nitrogens with zero attached hydrogens (tertiary/aromatic N) is 3. The third-order valence-electron chi connectivity index (χ3n) is 3.14. The first kappa shape index (κ1) is 10.9. The van der Waals surface area contributed by atoms with Crippen molar-refractivity contribution in [3.05, 3.63) is 34.0 Å². The molecule has 1 unspecified atom stereocenters. The molecule has 0 saturated carbocycles. The van der Waals surface area contributed by atoms with Crippen molar-refractivity contribution in [1.29, 1.82) is 0 Å². The number of thiophene rings is 1. The van der Waals surface area contributed by atoms with Gasteiger partial charge in [-0.1, -0.05) is 0 Å². The summed E-state index contributed by atoms with van der Waals surface area (Å²) in [6.45, 7) is 3.86. The second kappa shape index (κ2) is 4.58. The zero-order valence-corrected chi connectivity index (χ0v) is 10.7. The molecule has 17 heavy (non-hydrogen) atoms. The quantitative estimate of drug-likeness (QED) is 0.900. The first-order valence-corrected chi connectivity index (χ1v) is 6.90. The van der Waals surface area contributed by atoms with Gasteiger partial charge >= 0.3 is 0 Å². The monoisotopic (exact) mass is 248 g/mol. The molecule has 2 aromatic heterocycles. The first-order chi connectivity index (χ1) is 8.31. The van der Waals surface area contributed by atoms with Crippen LogP contribution in [0, 0.1) is 6.92 Å². The molecule has 0 aliphatic carbocycles. The van der Waals surface area contributed by atoms with Crippen LogP contribution in [0.4, 0.5) is 0 Å². The number of hydrogen-bond donors (Lipinski definition) is 1. The van der Waals surface area contributed by atoms with E-state index in [4.69, 9.17) is 0 Å². The molecule has 1 aliphatic heterocycles. The maximum atomic E-state index is 4.42. The van der Waals surface area contributed by atoms with Gasteiger partial charge in [-0.2, -0.15) is 16.4 Å². The molecule has 1 N–H and O–H groups in total. The molecular weight excluding hydrogens is 232 g/mol. The highest BCUT2D eigenvalue weighted by Crippen LogP contribution is 2.14. The Kier molecular flexibility index (Phi) is 2.94. The molecule has 2 aromatic rings. The van der Waals surface area contributed by atoms with Crippen molar-refractivity contribution in [2.75, 3.05) is 0 Å². The Morgan fingerprint density at radius 2 is 2.53 bits per heavy atom. The van der Waals surface area contributed by atoms with Gasteiger partial charge in [0.25, 0.3) is 0 Å². The Labute approximate surface area is 105 Å². The Balaban J connectivity index is 1.60. The van der Waals surface area contributed by atoms with Crippen LogP contribution in [0.3, 0.4) is 0 Å². The molecule has 3 rings (SSSR count). The SMILES string of the molecule is Cc1nc2n(n1)CC(NCc1ccsc1)CC2. The molecule has 0 radical (unpaired) electrons. The summed E-state index contributed by atoms with van der Waals surface area (Å²) in [5.74, 6) is 2.02. The summed E-state index contributed by atoms with van der Waals surface area (Å²) in [6.07, 6.45) is 2.18. The van der Waals surface area contributed by atoms with Crippen molar-refractivity contribution >= 4 is 11.3 Å². The van der Waals surface area contributed by atoms with Gasteiger partial charge in [-0.05, 0) is 35.7 Å². The van der Waals surface area contributed by atoms with Crippen LogP contribution in [0.1, 0.15) is 23.6 Å². The van der Waals surface area contributed by atoms with Crippen molar-refractivity contribution in [1.82, 2.24) is 20.1 Å². The van der Waals surface area contributed by atoms with Crippen molar-refractivity contribution < 1.29 is 0 Å². The first-order valence-electron chi connectivity index (χ1n) is 5.96. The molecule has 0 amide bonds. The normalized spacial score (nSPS) is 19.2. The summed E-state index contributed by atoms with van der Waals surface area (Å²) in [6, 6.07) is 2.69. The summed E-state index contributed by atoms with van der Waals surface area (Å²) < 4.78 is 2.05. The molecule has 1 atom stereocenters. The van der Waals surface area contributed by atoms with Gasteiger partial charge in [-0.25, -0.2) is 9.67 Å². The molecule has 5 heteroatoms. The average Bonchev–Trinajstić information content (AvgIpc) is 2.92. The van der Waals surface area contributed by atoms with Gasteiger partial charge < -0.3 is 5.32 Å². The van der Waals surface area contributed by atoms with Crippen LogP contribution in [-0.2, 0) is 19.5 Å². The van der Waals surface area contributed by atoms with Crippen LogP contribution in [-0.4, -0.2) is 20.8 Å². The minimum absolute atomic E-state index is 0.517. The summed E-state index contributed by atoms with van der Waals surface area (Å²) in [4.78, 5) is 4.42. The third kappa shape index (κ3) is 2.40. The minimum atomic E-state index is 0.517. The topological polar surface area (TPSA) is 42.7 Å². The van der Waals surface area contributed by atoms with Crippen LogP contribution < -0.4 is 5.32 Å². The number of fused-ring (bicyclic) bond motifs is 1. The number of hydrogen-bond acceptors (Lipinski definition) is 4. The van der Waals surface area contributed by atoms with Crippen LogP contribution >= 0.6 is 11.3 Å². The third-order valence-corrected chi connectivity index (χ3v) is 3.87. The highest BCUT2D eigenvalue weighted by atomic mass is 32.1. The van der Waals surface area contributed by atoms with Crippen molar-refractivity contribution in [2.45, 2.75) is 38.9 Å². The van der Waals surface area contributed by atoms with E-state index in [0.29, 0.717) is 6.04 Å². The predicted molar refractivity (Wildman–Crippen MR) is 68.0 cm³/mol. The van der Waals surface area contributed by atoms with Crippen molar-refractivity contribution in [2.24, 2.45) is 0 Å². The van der Waals surface area contributed by atoms with Crippen LogP contribution in [0.2, 0.25) is 0 Å². The zero-order chi connectivity index (χ0) is 11.7. The number of aryl methyl sites for hydroxylation is 2. The molecule has 0 saturated heterocycles. The van der Waals surface area contributed by atoms with Gasteiger partial charge in [-0.15, -0.1) is 0 Å². The lowest BCUT2D eigenvalue weighted by Gasteiger charge is -2.23. The largest absolute Gasteiger partial charge is 0.308 e. The fourth-order valence-corrected chi connectivity index (χ4v) is 2.92. The Hall–Kier alpha value is -1.20. The molecule has 1 aliphatic rings. The Bertz CT molecular complexity index is 489. The van der Waals surface area contributed by atoms with Gasteiger partial charge in [0.2, 0.25) is 0 Å². The lowest BCUT2D eigenvalue weighted by molar-refractivity contribution is 0.358. The van der Waals surface area contributed by atoms with E-state index < -0.39 is 0 Å². The second-order valence-corrected chi connectivity index (χ2v) is 5.29. The Morgan fingerprint density at radius 1 is 1.59 bits per heavy atom. The summed E-state index contributed by atoms with van der Waals surface area (Å²) in [5, 5.41) is 12.3. The Morgan fingerprint density at radius 3 is 3.35 bits per heavy atom. The van der Waals surface area contributed by atoms with E-state index in [9.17, 15) is 0 Å². The van der Waals surface area contributed by atoms with E-state index in [1.54, 1.807) is 11.3 Å². The summed E-state index contributed by atoms with van der Waals surface area (Å²) in [7, 11) is 0. The predicted octanol–water partition coefficient (Wildman–Crippen LogP) is 1.75. The number of aromatic nitrogens is 3. The van der Waals surface area contributed by atoms with Gasteiger partial charge in [-0.3, -0.25) is 0 Å². The van der Waals surface area contributed by atoms with E-state index in [1.165, 1.54) is 5.56 Å². The molecular formula is C12H16N4S. The van der Waals surface area contributed by atoms with Crippen molar-refractivity contribution in [3.8, 4) is 0 Å². The molecule has 4 nitrogen and oxygen atoms in total. The van der Waals surface area contributed by atoms with Gasteiger partial charge in [0, 0.05) is 19.0 Å². The van der Waals surface area contributed by atoms with E-state index in [2.05, 4.69) is 32.2 Å². The lowest BCUT2D eigenvalue weighted by Crippen LogP contribution is -2.37. The highest BCUT2D eigenvalue weighted by molar-refractivity contribution is 7.07. The standard InChI is InChI=1S/C12H16N4S/c1-9-14-12-3-2-11(7-16(12)15-9)13-6-10-4-5-17-8-10/h4-5,8,11,13H,2-3,6-7H2,1H3. The van der Waals surface area contributed by atoms with Crippen LogP contribution in [0.15, 0.2) is 16.8 Å². The average molecular weight is 248 g/mol. The highest BCUT2D eigenvalue weighted by Gasteiger charge is 2.20.